The highest BCUT2D eigenvalue weighted by Crippen LogP contribution is 2.16. The molecular formula is C24H51O2SSi+. The Balaban J connectivity index is 3.38. The Labute approximate surface area is 183 Å². The molecule has 4 heteroatoms. The van der Waals surface area contributed by atoms with Crippen LogP contribution in [0, 0.1) is 0 Å². The van der Waals surface area contributed by atoms with E-state index in [1.165, 1.54) is 109 Å². The Morgan fingerprint density at radius 1 is 0.607 bits per heavy atom. The second-order valence-electron chi connectivity index (χ2n) is 8.43. The molecule has 0 bridgehead atoms. The number of ether oxygens (including phenoxy) is 2. The van der Waals surface area contributed by atoms with Crippen LogP contribution in [0.1, 0.15) is 116 Å². The Hall–Kier alpha value is 0.487. The lowest BCUT2D eigenvalue weighted by atomic mass is 10.0. The smallest absolute Gasteiger partial charge is 0.187 e. The van der Waals surface area contributed by atoms with E-state index in [1.54, 1.807) is 14.2 Å². The first-order valence-electron chi connectivity index (χ1n) is 12.0. The molecule has 1 unspecified atom stereocenters. The van der Waals surface area contributed by atoms with E-state index in [1.807, 2.05) is 0 Å². The van der Waals surface area contributed by atoms with E-state index in [-0.39, 0.29) is 5.91 Å². The molecule has 0 aliphatic carbocycles. The normalized spacial score (nSPS) is 13.0. The van der Waals surface area contributed by atoms with Crippen molar-refractivity contribution in [3.05, 3.63) is 0 Å². The van der Waals surface area contributed by atoms with E-state index >= 15 is 0 Å². The van der Waals surface area contributed by atoms with Gasteiger partial charge in [-0.1, -0.05) is 103 Å². The summed E-state index contributed by atoms with van der Waals surface area (Å²) in [5, 5.41) is 0. The lowest BCUT2D eigenvalue weighted by Crippen LogP contribution is -2.36. The molecule has 0 aromatic heterocycles. The quantitative estimate of drug-likeness (QED) is 0.0786. The van der Waals surface area contributed by atoms with Crippen molar-refractivity contribution in [3.63, 3.8) is 0 Å². The molecule has 0 saturated carbocycles. The summed E-state index contributed by atoms with van der Waals surface area (Å²) in [4.78, 5) is 0.775. The molecule has 0 spiro atoms. The van der Waals surface area contributed by atoms with Crippen LogP contribution in [0.15, 0.2) is 0 Å². The lowest BCUT2D eigenvalue weighted by Gasteiger charge is -2.18. The molecule has 0 heterocycles. The van der Waals surface area contributed by atoms with Gasteiger partial charge in [-0.15, -0.1) is 0 Å². The molecule has 0 rings (SSSR count). The minimum absolute atomic E-state index is 0.000887. The van der Waals surface area contributed by atoms with Crippen LogP contribution in [0.4, 0.5) is 0 Å². The summed E-state index contributed by atoms with van der Waals surface area (Å²) in [5.74, 6) is 0.000887. The van der Waals surface area contributed by atoms with E-state index in [2.05, 4.69) is 19.4 Å². The van der Waals surface area contributed by atoms with Crippen LogP contribution in [-0.2, 0) is 20.4 Å². The molecule has 28 heavy (non-hydrogen) atoms. The summed E-state index contributed by atoms with van der Waals surface area (Å²) < 4.78 is 10.8. The topological polar surface area (TPSA) is 18.5 Å². The molecular weight excluding hydrogens is 380 g/mol. The molecule has 0 amide bonds. The number of unbranched alkanes of at least 4 members (excludes halogenated alkanes) is 15. The molecule has 0 N–H and O–H groups in total. The maximum atomic E-state index is 5.41. The standard InChI is InChI=1S/C24H51O2SSi/c1-6-7-8-9-10-11-12-13-14-15-16-17-18-19-20-21-22-23(27(4)5)28-24(25-2)26-3/h23-24H,6-22H2,1-5H3/q+1. The molecule has 0 aliphatic rings. The summed E-state index contributed by atoms with van der Waals surface area (Å²) in [6, 6.07) is 0. The number of rotatable bonds is 22. The Morgan fingerprint density at radius 2 is 0.964 bits per heavy atom. The third-order valence-corrected chi connectivity index (χ3v) is 10.2. The zero-order chi connectivity index (χ0) is 20.9. The molecule has 168 valence electrons. The largest absolute Gasteiger partial charge is 0.360 e. The van der Waals surface area contributed by atoms with Crippen LogP contribution in [0.25, 0.3) is 0 Å². The van der Waals surface area contributed by atoms with Crippen LogP contribution in [0.2, 0.25) is 0 Å². The van der Waals surface area contributed by atoms with Crippen LogP contribution >= 0.6 is 0 Å². The van der Waals surface area contributed by atoms with Crippen LogP contribution < -0.4 is 0 Å². The van der Waals surface area contributed by atoms with Gasteiger partial charge in [0.1, 0.15) is 10.8 Å². The van der Waals surface area contributed by atoms with Gasteiger partial charge in [-0.3, -0.25) is 0 Å². The summed E-state index contributed by atoms with van der Waals surface area (Å²) in [5.41, 5.74) is 0. The zero-order valence-electron chi connectivity index (χ0n) is 19.9. The minimum atomic E-state index is 0.000887. The molecule has 0 aromatic carbocycles. The molecule has 1 atom stereocenters. The first-order chi connectivity index (χ1) is 13.7. The van der Waals surface area contributed by atoms with Crippen molar-refractivity contribution in [1.29, 1.82) is 0 Å². The van der Waals surface area contributed by atoms with Gasteiger partial charge in [-0.25, -0.2) is 0 Å². The van der Waals surface area contributed by atoms with Crippen molar-refractivity contribution in [2.24, 2.45) is 0 Å². The highest BCUT2D eigenvalue weighted by molar-refractivity contribution is 7.97. The van der Waals surface area contributed by atoms with Crippen LogP contribution in [0.5, 0.6) is 0 Å². The predicted molar refractivity (Wildman–Crippen MR) is 131 cm³/mol. The van der Waals surface area contributed by atoms with Crippen LogP contribution in [-0.4, -0.2) is 47.0 Å². The highest BCUT2D eigenvalue weighted by Gasteiger charge is 2.26. The fourth-order valence-electron chi connectivity index (χ4n) is 3.72. The summed E-state index contributed by atoms with van der Waals surface area (Å²) in [6.45, 7) is 2.30. The van der Waals surface area contributed by atoms with Crippen molar-refractivity contribution in [1.82, 2.24) is 0 Å². The SMILES string of the molecule is CCCCCCCCCCCCCCCCCCC([Si]C(OC)OC)[S+](C)C. The van der Waals surface area contributed by atoms with Crippen molar-refractivity contribution in [2.75, 3.05) is 26.7 Å². The van der Waals surface area contributed by atoms with Crippen molar-refractivity contribution in [2.45, 2.75) is 127 Å². The molecule has 0 aromatic rings. The minimum Gasteiger partial charge on any atom is -0.360 e. The molecule has 0 saturated heterocycles. The van der Waals surface area contributed by atoms with Gasteiger partial charge in [-0.2, -0.15) is 0 Å². The van der Waals surface area contributed by atoms with Gasteiger partial charge in [0.15, 0.2) is 9.52 Å². The maximum Gasteiger partial charge on any atom is 0.187 e. The monoisotopic (exact) mass is 431 g/mol. The van der Waals surface area contributed by atoms with Gasteiger partial charge in [0.25, 0.3) is 0 Å². The first-order valence-corrected chi connectivity index (χ1v) is 15.3. The average molecular weight is 432 g/mol. The van der Waals surface area contributed by atoms with Crippen molar-refractivity contribution in [3.8, 4) is 0 Å². The fraction of sp³-hybridized carbons (Fsp3) is 1.00. The number of hydrogen-bond donors (Lipinski definition) is 0. The fourth-order valence-corrected chi connectivity index (χ4v) is 6.72. The molecule has 0 aliphatic heterocycles. The first kappa shape index (κ1) is 28.5. The van der Waals surface area contributed by atoms with Gasteiger partial charge < -0.3 is 9.47 Å². The molecule has 2 nitrogen and oxygen atoms in total. The third kappa shape index (κ3) is 18.5. The van der Waals surface area contributed by atoms with Gasteiger partial charge in [0.2, 0.25) is 0 Å². The predicted octanol–water partition coefficient (Wildman–Crippen LogP) is 7.12. The number of hydrogen-bond acceptors (Lipinski definition) is 2. The summed E-state index contributed by atoms with van der Waals surface area (Å²) in [6.07, 6.45) is 29.1. The molecule has 2 radical (unpaired) electrons. The summed E-state index contributed by atoms with van der Waals surface area (Å²) in [7, 11) is 4.75. The van der Waals surface area contributed by atoms with Gasteiger partial charge in [0, 0.05) is 14.2 Å². The van der Waals surface area contributed by atoms with Gasteiger partial charge in [0.05, 0.1) is 12.5 Å². The average Bonchev–Trinajstić information content (AvgIpc) is 2.69. The third-order valence-electron chi connectivity index (χ3n) is 5.64. The van der Waals surface area contributed by atoms with E-state index in [4.69, 9.17) is 9.47 Å². The maximum absolute atomic E-state index is 5.41. The summed E-state index contributed by atoms with van der Waals surface area (Å²) >= 11 is 0. The Kier molecular flexibility index (Phi) is 22.6. The van der Waals surface area contributed by atoms with Crippen molar-refractivity contribution >= 4 is 20.4 Å². The van der Waals surface area contributed by atoms with Crippen molar-refractivity contribution < 1.29 is 9.47 Å². The number of methoxy groups -OCH3 is 2. The van der Waals surface area contributed by atoms with E-state index in [0.29, 0.717) is 10.9 Å². The zero-order valence-corrected chi connectivity index (χ0v) is 21.7. The second-order valence-corrected chi connectivity index (χ2v) is 12.7. The Morgan fingerprint density at radius 3 is 1.29 bits per heavy atom. The van der Waals surface area contributed by atoms with Gasteiger partial charge >= 0.3 is 0 Å². The van der Waals surface area contributed by atoms with E-state index < -0.39 is 0 Å². The lowest BCUT2D eigenvalue weighted by molar-refractivity contribution is -0.0443. The molecule has 0 fully saturated rings. The Bertz CT molecular complexity index is 298. The highest BCUT2D eigenvalue weighted by atomic mass is 32.2. The second kappa shape index (κ2) is 22.2. The van der Waals surface area contributed by atoms with Gasteiger partial charge in [-0.05, 0) is 23.7 Å². The van der Waals surface area contributed by atoms with Crippen LogP contribution in [0.3, 0.4) is 0 Å². The van der Waals surface area contributed by atoms with E-state index in [9.17, 15) is 0 Å². The van der Waals surface area contributed by atoms with E-state index in [0.717, 1.165) is 14.4 Å².